The summed E-state index contributed by atoms with van der Waals surface area (Å²) in [4.78, 5) is 36.6. The number of aliphatic hydroxyl groups is 2. The molecule has 2 aromatic rings. The first-order chi connectivity index (χ1) is 20.0. The van der Waals surface area contributed by atoms with Gasteiger partial charge in [0, 0.05) is 29.8 Å². The number of esters is 1. The first-order valence-corrected chi connectivity index (χ1v) is 15.6. The molecule has 2 aliphatic rings. The van der Waals surface area contributed by atoms with Gasteiger partial charge in [-0.1, -0.05) is 11.6 Å². The van der Waals surface area contributed by atoms with Gasteiger partial charge in [-0.05, 0) is 76.0 Å². The zero-order chi connectivity index (χ0) is 31.9. The van der Waals surface area contributed by atoms with Crippen molar-refractivity contribution in [3.05, 3.63) is 58.4 Å². The summed E-state index contributed by atoms with van der Waals surface area (Å²) in [5.41, 5.74) is -1.86. The Kier molecular flexibility index (Phi) is 9.60. The number of amides is 1. The lowest BCUT2D eigenvalue weighted by molar-refractivity contribution is -0.161. The highest BCUT2D eigenvalue weighted by molar-refractivity contribution is 7.92. The third-order valence-electron chi connectivity index (χ3n) is 8.41. The summed E-state index contributed by atoms with van der Waals surface area (Å²) in [6.45, 7) is 2.59. The number of anilines is 1. The van der Waals surface area contributed by atoms with Crippen LogP contribution in [0.15, 0.2) is 35.2 Å². The Morgan fingerprint density at radius 2 is 1.65 bits per heavy atom. The normalized spacial score (nSPS) is 24.7. The number of sulfone groups is 1. The molecule has 6 atom stereocenters. The molecule has 43 heavy (non-hydrogen) atoms. The fraction of sp³-hybridized carbons (Fsp3) is 0.483. The van der Waals surface area contributed by atoms with Gasteiger partial charge in [-0.25, -0.2) is 26.4 Å². The van der Waals surface area contributed by atoms with Crippen LogP contribution in [0.2, 0.25) is 5.02 Å². The van der Waals surface area contributed by atoms with Gasteiger partial charge >= 0.3 is 5.97 Å². The third-order valence-corrected chi connectivity index (χ3v) is 11.1. The van der Waals surface area contributed by atoms with Crippen LogP contribution in [0.25, 0.3) is 0 Å². The molecule has 9 nitrogen and oxygen atoms in total. The predicted octanol–water partition coefficient (Wildman–Crippen LogP) is 4.36. The van der Waals surface area contributed by atoms with Crippen molar-refractivity contribution >= 4 is 44.8 Å². The molecule has 0 saturated heterocycles. The minimum absolute atomic E-state index is 0.0471. The zero-order valence-corrected chi connectivity index (χ0v) is 24.9. The van der Waals surface area contributed by atoms with Crippen LogP contribution in [0, 0.1) is 29.3 Å². The fourth-order valence-electron chi connectivity index (χ4n) is 6.01. The molecular weight excluding hydrogens is 615 g/mol. The minimum atomic E-state index is -4.12. The van der Waals surface area contributed by atoms with Crippen LogP contribution in [0.3, 0.4) is 0 Å². The number of halogens is 4. The maximum Gasteiger partial charge on any atom is 0.335 e. The number of fused-ring (bicyclic) bond motifs is 2. The molecule has 234 valence electrons. The van der Waals surface area contributed by atoms with Crippen LogP contribution in [0.1, 0.15) is 62.7 Å². The highest BCUT2D eigenvalue weighted by atomic mass is 35.5. The molecule has 0 spiro atoms. The summed E-state index contributed by atoms with van der Waals surface area (Å²) < 4.78 is 72.8. The molecule has 2 bridgehead atoms. The number of rotatable bonds is 10. The molecule has 3 unspecified atom stereocenters. The molecule has 2 fully saturated rings. The van der Waals surface area contributed by atoms with Gasteiger partial charge in [0.15, 0.2) is 39.2 Å². The van der Waals surface area contributed by atoms with Gasteiger partial charge in [-0.2, -0.15) is 0 Å². The summed E-state index contributed by atoms with van der Waals surface area (Å²) in [6.07, 6.45) is -1.34. The number of Topliss-reactive ketones (excluding diaryl/α,β-unsaturated/α-hetero) is 1. The highest BCUT2D eigenvalue weighted by Crippen LogP contribution is 2.54. The topological polar surface area (TPSA) is 147 Å². The molecule has 1 amide bonds. The number of benzene rings is 2. The Bertz CT molecular complexity index is 1510. The molecule has 14 heteroatoms. The lowest BCUT2D eigenvalue weighted by Crippen LogP contribution is -2.48. The second kappa shape index (κ2) is 12.5. The average Bonchev–Trinajstić information content (AvgIpc) is 3.09. The van der Waals surface area contributed by atoms with Crippen molar-refractivity contribution in [1.29, 1.82) is 0 Å². The van der Waals surface area contributed by atoms with Crippen LogP contribution >= 0.6 is 11.6 Å². The van der Waals surface area contributed by atoms with Gasteiger partial charge in [0.1, 0.15) is 6.10 Å². The Labute approximate surface area is 251 Å². The number of hydrogen-bond donors (Lipinski definition) is 3. The van der Waals surface area contributed by atoms with Crippen LogP contribution < -0.4 is 5.32 Å². The van der Waals surface area contributed by atoms with Crippen LogP contribution in [0.5, 0.6) is 0 Å². The SMILES string of the molecule is C[C@H](O)C(=O)O[C@@H](C)C(=O)CCC1(O)C2CC[C@H]1CC(S(=O)(=O)c1cc(C(=O)Nc3cc(F)c(F)c(F)c3)ccc1Cl)C2. The number of nitrogens with one attached hydrogen (secondary N) is 1. The molecule has 0 radical (unpaired) electrons. The lowest BCUT2D eigenvalue weighted by Gasteiger charge is -2.42. The fourth-order valence-corrected chi connectivity index (χ4v) is 8.41. The Morgan fingerprint density at radius 3 is 2.21 bits per heavy atom. The van der Waals surface area contributed by atoms with Gasteiger partial charge in [-0.3, -0.25) is 9.59 Å². The molecule has 4 rings (SSSR count). The van der Waals surface area contributed by atoms with Gasteiger partial charge in [-0.15, -0.1) is 0 Å². The van der Waals surface area contributed by atoms with Gasteiger partial charge in [0.05, 0.1) is 20.8 Å². The molecule has 0 aliphatic heterocycles. The van der Waals surface area contributed by atoms with Gasteiger partial charge < -0.3 is 20.3 Å². The van der Waals surface area contributed by atoms with E-state index in [1.165, 1.54) is 26.0 Å². The third kappa shape index (κ3) is 6.74. The van der Waals surface area contributed by atoms with Crippen molar-refractivity contribution in [3.8, 4) is 0 Å². The van der Waals surface area contributed by atoms with Gasteiger partial charge in [0.2, 0.25) is 0 Å². The van der Waals surface area contributed by atoms with E-state index in [9.17, 15) is 46.2 Å². The molecule has 0 heterocycles. The zero-order valence-electron chi connectivity index (χ0n) is 23.3. The Morgan fingerprint density at radius 1 is 1.07 bits per heavy atom. The summed E-state index contributed by atoms with van der Waals surface area (Å²) in [5.74, 6) is -7.90. The average molecular weight is 646 g/mol. The van der Waals surface area contributed by atoms with Crippen molar-refractivity contribution in [2.75, 3.05) is 5.32 Å². The van der Waals surface area contributed by atoms with E-state index in [1.807, 2.05) is 0 Å². The van der Waals surface area contributed by atoms with Crippen molar-refractivity contribution in [1.82, 2.24) is 0 Å². The maximum atomic E-state index is 13.7. The largest absolute Gasteiger partial charge is 0.453 e. The quantitative estimate of drug-likeness (QED) is 0.255. The predicted molar refractivity (Wildman–Crippen MR) is 149 cm³/mol. The summed E-state index contributed by atoms with van der Waals surface area (Å²) in [7, 11) is -4.12. The molecule has 2 saturated carbocycles. The molecule has 0 aromatic heterocycles. The molecule has 2 aromatic carbocycles. The second-order valence-corrected chi connectivity index (χ2v) is 13.8. The Balaban J connectivity index is 1.47. The van der Waals surface area contributed by atoms with Crippen molar-refractivity contribution in [2.24, 2.45) is 11.8 Å². The number of ether oxygens (including phenoxy) is 1. The monoisotopic (exact) mass is 645 g/mol. The number of hydrogen-bond acceptors (Lipinski definition) is 8. The van der Waals surface area contributed by atoms with Gasteiger partial charge in [0.25, 0.3) is 5.91 Å². The van der Waals surface area contributed by atoms with E-state index in [1.54, 1.807) is 0 Å². The van der Waals surface area contributed by atoms with E-state index >= 15 is 0 Å². The highest BCUT2D eigenvalue weighted by Gasteiger charge is 2.55. The van der Waals surface area contributed by atoms with Crippen molar-refractivity contribution < 1.29 is 50.9 Å². The van der Waals surface area contributed by atoms with E-state index in [-0.39, 0.29) is 46.9 Å². The smallest absolute Gasteiger partial charge is 0.335 e. The van der Waals surface area contributed by atoms with E-state index in [0.29, 0.717) is 25.0 Å². The standard InChI is InChI=1S/C29H31ClF3NO8S/c1-14(35)28(38)42-15(2)24(36)7-8-29(39)17-4-5-18(29)11-20(10-17)43(40,41)25-9-16(3-6-21(25)30)27(37)34-19-12-22(31)26(33)23(32)13-19/h3,6,9,12-15,17-18,20,35,39H,4-5,7-8,10-11H2,1-2H3,(H,34,37)/t14-,15-,17-,18?,20?,29?/m0/s1. The Hall–Kier alpha value is -3.00. The van der Waals surface area contributed by atoms with Crippen LogP contribution in [-0.2, 0) is 24.2 Å². The summed E-state index contributed by atoms with van der Waals surface area (Å²) >= 11 is 6.25. The first-order valence-electron chi connectivity index (χ1n) is 13.7. The number of carbonyl (C=O) groups is 3. The molecular formula is C29H31ClF3NO8S. The summed E-state index contributed by atoms with van der Waals surface area (Å²) in [6, 6.07) is 4.66. The number of aliphatic hydroxyl groups excluding tert-OH is 1. The maximum absolute atomic E-state index is 13.7. The van der Waals surface area contributed by atoms with Crippen LogP contribution in [0.4, 0.5) is 18.9 Å². The van der Waals surface area contributed by atoms with E-state index in [4.69, 9.17) is 16.3 Å². The lowest BCUT2D eigenvalue weighted by atomic mass is 9.71. The van der Waals surface area contributed by atoms with E-state index in [0.717, 1.165) is 6.07 Å². The second-order valence-electron chi connectivity index (χ2n) is 11.2. The number of carbonyl (C=O) groups excluding carboxylic acids is 3. The molecule has 3 N–H and O–H groups in total. The first kappa shape index (κ1) is 32.9. The van der Waals surface area contributed by atoms with E-state index < -0.39 is 79.8 Å². The molecule has 2 aliphatic carbocycles. The summed E-state index contributed by atoms with van der Waals surface area (Å²) in [5, 5.41) is 21.9. The van der Waals surface area contributed by atoms with Crippen LogP contribution in [-0.4, -0.2) is 59.3 Å². The minimum Gasteiger partial charge on any atom is -0.453 e. The van der Waals surface area contributed by atoms with Crippen molar-refractivity contribution in [2.45, 2.75) is 80.3 Å². The van der Waals surface area contributed by atoms with E-state index in [2.05, 4.69) is 5.32 Å². The van der Waals surface area contributed by atoms with Crippen molar-refractivity contribution in [3.63, 3.8) is 0 Å². The number of ketones is 1.